The Morgan fingerprint density at radius 1 is 1.12 bits per heavy atom. The Bertz CT molecular complexity index is 1490. The number of hydrogen-bond acceptors (Lipinski definition) is 5. The molecule has 8 heteroatoms. The van der Waals surface area contributed by atoms with Crippen molar-refractivity contribution in [3.63, 3.8) is 0 Å². The Hall–Kier alpha value is -3.36. The molecule has 2 saturated carbocycles. The Morgan fingerprint density at radius 3 is 2.63 bits per heavy atom. The highest BCUT2D eigenvalue weighted by atomic mass is 16.2. The van der Waals surface area contributed by atoms with Crippen LogP contribution in [0.2, 0.25) is 0 Å². The van der Waals surface area contributed by atoms with Gasteiger partial charge in [0.05, 0.1) is 29.4 Å². The molecule has 0 radical (unpaired) electrons. The van der Waals surface area contributed by atoms with Crippen LogP contribution in [0.15, 0.2) is 42.1 Å². The minimum Gasteiger partial charge on any atom is -0.317 e. The van der Waals surface area contributed by atoms with Crippen molar-refractivity contribution in [2.45, 2.75) is 76.8 Å². The summed E-state index contributed by atoms with van der Waals surface area (Å²) in [6.07, 6.45) is 12.1. The van der Waals surface area contributed by atoms with Crippen LogP contribution in [0.5, 0.6) is 0 Å². The predicted octanol–water partition coefficient (Wildman–Crippen LogP) is 3.29. The molecule has 5 aliphatic rings. The van der Waals surface area contributed by atoms with Crippen LogP contribution in [0.25, 0.3) is 10.8 Å². The zero-order chi connectivity index (χ0) is 28.4. The maximum atomic E-state index is 13.6. The van der Waals surface area contributed by atoms with Crippen LogP contribution in [-0.4, -0.2) is 60.6 Å². The molecule has 2 unspecified atom stereocenters. The number of nitrogens with two attached hydrogens (primary N) is 1. The average molecular weight is 555 g/mol. The number of imide groups is 1. The second-order valence-electron chi connectivity index (χ2n) is 13.4. The van der Waals surface area contributed by atoms with Crippen molar-refractivity contribution in [1.29, 1.82) is 5.41 Å². The molecule has 2 aromatic rings. The summed E-state index contributed by atoms with van der Waals surface area (Å²) in [6.45, 7) is 5.98. The number of carbonyl (C=O) groups is 3. The van der Waals surface area contributed by atoms with Gasteiger partial charge in [-0.15, -0.1) is 0 Å². The second-order valence-corrected chi connectivity index (χ2v) is 13.4. The molecule has 0 aromatic heterocycles. The van der Waals surface area contributed by atoms with Gasteiger partial charge >= 0.3 is 0 Å². The minimum atomic E-state index is -0.659. The molecule has 2 aliphatic carbocycles. The van der Waals surface area contributed by atoms with Crippen LogP contribution < -0.4 is 15.5 Å². The largest absolute Gasteiger partial charge is 0.317 e. The summed E-state index contributed by atoms with van der Waals surface area (Å²) < 4.78 is 0. The Kier molecular flexibility index (Phi) is 6.39. The van der Waals surface area contributed by atoms with Crippen LogP contribution >= 0.6 is 0 Å². The van der Waals surface area contributed by atoms with E-state index in [0.29, 0.717) is 42.7 Å². The van der Waals surface area contributed by atoms with Crippen molar-refractivity contribution in [3.05, 3.63) is 53.2 Å². The quantitative estimate of drug-likeness (QED) is 0.344. The van der Waals surface area contributed by atoms with Gasteiger partial charge in [-0.05, 0) is 54.2 Å². The van der Waals surface area contributed by atoms with Crippen LogP contribution in [0.1, 0.15) is 74.2 Å². The number of quaternary nitrogens is 1. The van der Waals surface area contributed by atoms with Crippen LogP contribution in [0.4, 0.5) is 5.69 Å². The molecule has 2 aromatic carbocycles. The second kappa shape index (κ2) is 9.88. The third-order valence-electron chi connectivity index (χ3n) is 10.6. The number of rotatable bonds is 8. The van der Waals surface area contributed by atoms with Gasteiger partial charge in [-0.2, -0.15) is 0 Å². The Balaban J connectivity index is 1.06. The molecule has 4 fully saturated rings. The Labute approximate surface area is 241 Å². The van der Waals surface area contributed by atoms with E-state index in [-0.39, 0.29) is 23.8 Å². The number of amides is 3. The number of nitrogens with zero attached hydrogens (tertiary/aromatic N) is 2. The van der Waals surface area contributed by atoms with Crippen molar-refractivity contribution in [2.75, 3.05) is 24.5 Å². The van der Waals surface area contributed by atoms with E-state index in [0.717, 1.165) is 40.7 Å². The van der Waals surface area contributed by atoms with Crippen LogP contribution in [0.3, 0.4) is 0 Å². The zero-order valence-electron chi connectivity index (χ0n) is 23.9. The van der Waals surface area contributed by atoms with E-state index >= 15 is 0 Å². The lowest BCUT2D eigenvalue weighted by Crippen LogP contribution is -2.86. The molecule has 214 valence electrons. The van der Waals surface area contributed by atoms with Gasteiger partial charge in [0.1, 0.15) is 0 Å². The van der Waals surface area contributed by atoms with Crippen molar-refractivity contribution >= 4 is 40.4 Å². The van der Waals surface area contributed by atoms with E-state index in [1.54, 1.807) is 4.90 Å². The predicted molar refractivity (Wildman–Crippen MR) is 158 cm³/mol. The molecule has 3 aliphatic heterocycles. The fraction of sp³-hybridized carbons (Fsp3) is 0.515. The van der Waals surface area contributed by atoms with Gasteiger partial charge in [0.2, 0.25) is 11.8 Å². The van der Waals surface area contributed by atoms with Gasteiger partial charge in [-0.3, -0.25) is 19.7 Å². The molecule has 2 atom stereocenters. The fourth-order valence-corrected chi connectivity index (χ4v) is 7.85. The molecule has 0 bridgehead atoms. The van der Waals surface area contributed by atoms with Crippen molar-refractivity contribution in [2.24, 2.45) is 10.8 Å². The van der Waals surface area contributed by atoms with E-state index < -0.39 is 5.41 Å². The van der Waals surface area contributed by atoms with Crippen LogP contribution in [-0.2, 0) is 16.0 Å². The monoisotopic (exact) mass is 554 g/mol. The number of benzene rings is 2. The number of likely N-dealkylation sites (tertiary alicyclic amines) is 1. The standard InChI is InChI=1S/C33H39N5O3/c1-32(11-3-12-32)20-37-14-9-23(10-15-37)35-19-21(18-34)16-22-6-7-26-29-24(22)4-2-5-25(29)30(40)38(26)27-17-33(27)13-8-28(39)36-31(33)41/h2,4-7,18-19,23,27,34-35H,3,8-17,20H2,1H3,(H,36,39,41)/p+1/b21-19-,34-18?. The first-order chi connectivity index (χ1) is 19.8. The molecule has 3 amide bonds. The first-order valence-electron chi connectivity index (χ1n) is 15.3. The number of nitrogens with one attached hydrogen (secondary N) is 2. The SMILES string of the molecule is CC1(CN2CCC([NH2+]/C=C(\C=N)Cc3ccc4c5c(cccc35)C(=O)N4C3CC34CCC(=O)NC4=O)CC2)CCC1. The lowest BCUT2D eigenvalue weighted by molar-refractivity contribution is -0.630. The highest BCUT2D eigenvalue weighted by Gasteiger charge is 2.65. The molecule has 7 rings (SSSR count). The maximum absolute atomic E-state index is 13.6. The van der Waals surface area contributed by atoms with Gasteiger partial charge in [-0.25, -0.2) is 0 Å². The molecular weight excluding hydrogens is 514 g/mol. The lowest BCUT2D eigenvalue weighted by Gasteiger charge is -2.43. The molecule has 2 saturated heterocycles. The first-order valence-corrected chi connectivity index (χ1v) is 15.3. The van der Waals surface area contributed by atoms with Gasteiger partial charge in [0.15, 0.2) is 0 Å². The van der Waals surface area contributed by atoms with Gasteiger partial charge in [-0.1, -0.05) is 31.5 Å². The van der Waals surface area contributed by atoms with E-state index in [1.807, 2.05) is 18.2 Å². The van der Waals surface area contributed by atoms with Gasteiger partial charge < -0.3 is 20.5 Å². The zero-order valence-corrected chi connectivity index (χ0v) is 23.9. The number of piperidine rings is 2. The van der Waals surface area contributed by atoms with E-state index in [2.05, 4.69) is 40.8 Å². The third-order valence-corrected chi connectivity index (χ3v) is 10.6. The summed E-state index contributed by atoms with van der Waals surface area (Å²) in [5.74, 6) is -0.543. The Morgan fingerprint density at radius 2 is 1.93 bits per heavy atom. The number of allylic oxidation sites excluding steroid dienone is 1. The summed E-state index contributed by atoms with van der Waals surface area (Å²) in [5, 5.41) is 14.9. The fourth-order valence-electron chi connectivity index (χ4n) is 7.85. The first kappa shape index (κ1) is 26.5. The van der Waals surface area contributed by atoms with Crippen LogP contribution in [0, 0.1) is 16.2 Å². The van der Waals surface area contributed by atoms with E-state index in [4.69, 9.17) is 5.41 Å². The third kappa shape index (κ3) is 4.52. The number of carbonyl (C=O) groups excluding carboxylic acids is 3. The lowest BCUT2D eigenvalue weighted by atomic mass is 9.70. The molecular formula is C33H40N5O3+. The molecule has 1 spiro atoms. The maximum Gasteiger partial charge on any atom is 0.259 e. The number of hydrogen-bond donors (Lipinski definition) is 3. The normalized spacial score (nSPS) is 27.8. The van der Waals surface area contributed by atoms with E-state index in [9.17, 15) is 14.4 Å². The summed E-state index contributed by atoms with van der Waals surface area (Å²) >= 11 is 0. The summed E-state index contributed by atoms with van der Waals surface area (Å²) in [7, 11) is 0. The van der Waals surface area contributed by atoms with Crippen molar-refractivity contribution in [3.8, 4) is 0 Å². The molecule has 3 heterocycles. The average Bonchev–Trinajstić information content (AvgIpc) is 3.60. The smallest absolute Gasteiger partial charge is 0.259 e. The topological polar surface area (TPSA) is 110 Å². The highest BCUT2D eigenvalue weighted by Crippen LogP contribution is 2.58. The van der Waals surface area contributed by atoms with Crippen molar-refractivity contribution < 1.29 is 19.7 Å². The van der Waals surface area contributed by atoms with Gasteiger partial charge in [0, 0.05) is 68.1 Å². The van der Waals surface area contributed by atoms with E-state index in [1.165, 1.54) is 44.9 Å². The molecule has 41 heavy (non-hydrogen) atoms. The molecule has 8 nitrogen and oxygen atoms in total. The minimum absolute atomic E-state index is 0.0666. The summed E-state index contributed by atoms with van der Waals surface area (Å²) in [4.78, 5) is 42.5. The van der Waals surface area contributed by atoms with Gasteiger partial charge in [0.25, 0.3) is 5.91 Å². The molecule has 4 N–H and O–H groups in total. The number of anilines is 1. The summed E-state index contributed by atoms with van der Waals surface area (Å²) in [5.41, 5.74) is 3.46. The van der Waals surface area contributed by atoms with Crippen molar-refractivity contribution in [1.82, 2.24) is 10.2 Å². The highest BCUT2D eigenvalue weighted by molar-refractivity contribution is 6.26. The summed E-state index contributed by atoms with van der Waals surface area (Å²) in [6, 6.07) is 10.3.